The molecule has 6 nitrogen and oxygen atoms in total. The van der Waals surface area contributed by atoms with E-state index >= 15 is 0 Å². The zero-order valence-electron chi connectivity index (χ0n) is 16.7. The van der Waals surface area contributed by atoms with Crippen LogP contribution < -0.4 is 0 Å². The maximum atomic E-state index is 14.6. The second kappa shape index (κ2) is 8.47. The van der Waals surface area contributed by atoms with Crippen LogP contribution in [0.4, 0.5) is 4.39 Å². The highest BCUT2D eigenvalue weighted by Crippen LogP contribution is 2.33. The number of halogens is 1. The van der Waals surface area contributed by atoms with Gasteiger partial charge < -0.3 is 9.64 Å². The van der Waals surface area contributed by atoms with Crippen molar-refractivity contribution in [3.05, 3.63) is 29.6 Å². The van der Waals surface area contributed by atoms with Crippen LogP contribution in [0, 0.1) is 11.7 Å². The number of nitrogens with zero attached hydrogens (tertiary/aromatic N) is 2. The normalized spacial score (nSPS) is 20.6. The van der Waals surface area contributed by atoms with Crippen molar-refractivity contribution in [2.45, 2.75) is 57.0 Å². The van der Waals surface area contributed by atoms with Gasteiger partial charge in [0, 0.05) is 25.2 Å². The number of ether oxygens (including phenoxy) is 1. The van der Waals surface area contributed by atoms with Gasteiger partial charge >= 0.3 is 0 Å². The standard InChI is InChI=1S/C20H29FN2O4S/c1-4-14(2)15(3)23(16-5-6-16)20(24)18-13-17(7-8-19(18)21)28(25,26)22-9-11-27-12-10-22/h7-8,13-16H,4-6,9-12H2,1-3H3. The monoisotopic (exact) mass is 412 g/mol. The second-order valence-corrected chi connectivity index (χ2v) is 9.67. The van der Waals surface area contributed by atoms with E-state index < -0.39 is 21.7 Å². The summed E-state index contributed by atoms with van der Waals surface area (Å²) in [4.78, 5) is 14.9. The van der Waals surface area contributed by atoms with Crippen molar-refractivity contribution < 1.29 is 22.3 Å². The predicted octanol–water partition coefficient (Wildman–Crippen LogP) is 2.89. The molecule has 1 saturated heterocycles. The third kappa shape index (κ3) is 4.23. The van der Waals surface area contributed by atoms with Gasteiger partial charge in [-0.1, -0.05) is 20.3 Å². The van der Waals surface area contributed by atoms with Gasteiger partial charge in [0.15, 0.2) is 0 Å². The van der Waals surface area contributed by atoms with Gasteiger partial charge in [-0.05, 0) is 43.9 Å². The highest BCUT2D eigenvalue weighted by atomic mass is 32.2. The Morgan fingerprint density at radius 1 is 1.29 bits per heavy atom. The Hall–Kier alpha value is -1.51. The van der Waals surface area contributed by atoms with E-state index in [1.54, 1.807) is 4.90 Å². The van der Waals surface area contributed by atoms with Crippen LogP contribution in [0.15, 0.2) is 23.1 Å². The molecule has 0 radical (unpaired) electrons. The van der Waals surface area contributed by atoms with Gasteiger partial charge in [-0.3, -0.25) is 4.79 Å². The Bertz CT molecular complexity index is 819. The Morgan fingerprint density at radius 2 is 1.93 bits per heavy atom. The van der Waals surface area contributed by atoms with Crippen molar-refractivity contribution in [1.82, 2.24) is 9.21 Å². The van der Waals surface area contributed by atoms with Crippen LogP contribution in [0.2, 0.25) is 0 Å². The van der Waals surface area contributed by atoms with Crippen molar-refractivity contribution in [2.24, 2.45) is 5.92 Å². The largest absolute Gasteiger partial charge is 0.379 e. The quantitative estimate of drug-likeness (QED) is 0.691. The Morgan fingerprint density at radius 3 is 2.50 bits per heavy atom. The van der Waals surface area contributed by atoms with Crippen LogP contribution in [0.25, 0.3) is 0 Å². The molecule has 2 aliphatic rings. The lowest BCUT2D eigenvalue weighted by molar-refractivity contribution is 0.0610. The molecule has 2 fully saturated rings. The number of hydrogen-bond acceptors (Lipinski definition) is 4. The summed E-state index contributed by atoms with van der Waals surface area (Å²) in [6.07, 6.45) is 2.71. The maximum absolute atomic E-state index is 14.6. The van der Waals surface area contributed by atoms with E-state index in [2.05, 4.69) is 13.8 Å². The number of morpholine rings is 1. The number of benzene rings is 1. The molecule has 2 unspecified atom stereocenters. The smallest absolute Gasteiger partial charge is 0.257 e. The summed E-state index contributed by atoms with van der Waals surface area (Å²) < 4.78 is 46.9. The molecule has 1 aliphatic heterocycles. The van der Waals surface area contributed by atoms with Crippen molar-refractivity contribution in [2.75, 3.05) is 26.3 Å². The summed E-state index contributed by atoms with van der Waals surface area (Å²) in [5.41, 5.74) is -0.170. The summed E-state index contributed by atoms with van der Waals surface area (Å²) in [5.74, 6) is -0.840. The van der Waals surface area contributed by atoms with E-state index in [0.717, 1.165) is 25.3 Å². The van der Waals surface area contributed by atoms with E-state index in [0.29, 0.717) is 13.2 Å². The first-order valence-corrected chi connectivity index (χ1v) is 11.4. The zero-order valence-corrected chi connectivity index (χ0v) is 17.5. The molecule has 1 saturated carbocycles. The zero-order chi connectivity index (χ0) is 20.5. The molecule has 1 heterocycles. The molecule has 1 amide bonds. The van der Waals surface area contributed by atoms with Crippen LogP contribution in [-0.2, 0) is 14.8 Å². The number of rotatable bonds is 7. The molecule has 0 aromatic heterocycles. The minimum Gasteiger partial charge on any atom is -0.379 e. The van der Waals surface area contributed by atoms with E-state index in [-0.39, 0.29) is 41.6 Å². The van der Waals surface area contributed by atoms with Crippen LogP contribution in [0.5, 0.6) is 0 Å². The average molecular weight is 413 g/mol. The van der Waals surface area contributed by atoms with Gasteiger partial charge in [0.05, 0.1) is 23.7 Å². The maximum Gasteiger partial charge on any atom is 0.257 e. The van der Waals surface area contributed by atoms with Gasteiger partial charge in [0.1, 0.15) is 5.82 Å². The minimum absolute atomic E-state index is 0.0380. The van der Waals surface area contributed by atoms with E-state index in [4.69, 9.17) is 4.74 Å². The summed E-state index contributed by atoms with van der Waals surface area (Å²) in [6, 6.07) is 3.58. The molecule has 1 aromatic rings. The third-order valence-corrected chi connectivity index (χ3v) is 7.75. The summed E-state index contributed by atoms with van der Waals surface area (Å²) in [5, 5.41) is 0. The summed E-state index contributed by atoms with van der Waals surface area (Å²) in [7, 11) is -3.79. The van der Waals surface area contributed by atoms with Gasteiger partial charge in [-0.25, -0.2) is 12.8 Å². The first-order chi connectivity index (χ1) is 13.3. The first-order valence-electron chi connectivity index (χ1n) is 9.97. The Labute approximate surface area is 166 Å². The fraction of sp³-hybridized carbons (Fsp3) is 0.650. The SMILES string of the molecule is CCC(C)C(C)N(C(=O)c1cc(S(=O)(=O)N2CCOCC2)ccc1F)C1CC1. The molecule has 2 atom stereocenters. The fourth-order valence-corrected chi connectivity index (χ4v) is 4.99. The molecule has 0 spiro atoms. The van der Waals surface area contributed by atoms with Crippen molar-refractivity contribution in [3.63, 3.8) is 0 Å². The number of hydrogen-bond donors (Lipinski definition) is 0. The minimum atomic E-state index is -3.79. The van der Waals surface area contributed by atoms with Crippen LogP contribution in [-0.4, -0.2) is 61.9 Å². The third-order valence-electron chi connectivity index (χ3n) is 5.86. The van der Waals surface area contributed by atoms with Crippen LogP contribution in [0.3, 0.4) is 0 Å². The first kappa shape index (κ1) is 21.2. The molecule has 1 aliphatic carbocycles. The molecule has 0 bridgehead atoms. The van der Waals surface area contributed by atoms with Gasteiger partial charge in [0.2, 0.25) is 10.0 Å². The molecule has 156 valence electrons. The van der Waals surface area contributed by atoms with E-state index in [9.17, 15) is 17.6 Å². The lowest BCUT2D eigenvalue weighted by Crippen LogP contribution is -2.44. The van der Waals surface area contributed by atoms with Gasteiger partial charge in [-0.2, -0.15) is 4.31 Å². The predicted molar refractivity (Wildman–Crippen MR) is 104 cm³/mol. The molecular formula is C20H29FN2O4S. The van der Waals surface area contributed by atoms with E-state index in [1.807, 2.05) is 6.92 Å². The molecule has 3 rings (SSSR count). The number of carbonyl (C=O) groups is 1. The summed E-state index contributed by atoms with van der Waals surface area (Å²) >= 11 is 0. The molecule has 28 heavy (non-hydrogen) atoms. The molecule has 1 aromatic carbocycles. The average Bonchev–Trinajstić information content (AvgIpc) is 3.53. The topological polar surface area (TPSA) is 66.9 Å². The number of amides is 1. The van der Waals surface area contributed by atoms with Crippen LogP contribution >= 0.6 is 0 Å². The molecule has 8 heteroatoms. The lowest BCUT2D eigenvalue weighted by Gasteiger charge is -2.33. The number of sulfonamides is 1. The molecular weight excluding hydrogens is 383 g/mol. The second-order valence-electron chi connectivity index (χ2n) is 7.73. The van der Waals surface area contributed by atoms with E-state index in [1.165, 1.54) is 16.4 Å². The van der Waals surface area contributed by atoms with Crippen molar-refractivity contribution in [3.8, 4) is 0 Å². The van der Waals surface area contributed by atoms with Crippen LogP contribution in [0.1, 0.15) is 50.4 Å². The Balaban J connectivity index is 1.93. The molecule has 0 N–H and O–H groups in total. The van der Waals surface area contributed by atoms with Crippen molar-refractivity contribution >= 4 is 15.9 Å². The number of carbonyl (C=O) groups excluding carboxylic acids is 1. The van der Waals surface area contributed by atoms with Gasteiger partial charge in [0.25, 0.3) is 5.91 Å². The lowest BCUT2D eigenvalue weighted by atomic mass is 9.98. The Kier molecular flexibility index (Phi) is 6.41. The summed E-state index contributed by atoms with van der Waals surface area (Å²) in [6.45, 7) is 7.28. The highest BCUT2D eigenvalue weighted by Gasteiger charge is 2.39. The van der Waals surface area contributed by atoms with Gasteiger partial charge in [-0.15, -0.1) is 0 Å². The highest BCUT2D eigenvalue weighted by molar-refractivity contribution is 7.89. The fourth-order valence-electron chi connectivity index (χ4n) is 3.56. The van der Waals surface area contributed by atoms with Crippen molar-refractivity contribution in [1.29, 1.82) is 0 Å².